The zero-order valence-corrected chi connectivity index (χ0v) is 17.7. The average molecular weight is 435 g/mol. The van der Waals surface area contributed by atoms with Crippen LogP contribution in [0, 0.1) is 11.8 Å². The number of aromatic nitrogens is 2. The fourth-order valence-electron chi connectivity index (χ4n) is 3.51. The molecule has 1 aromatic heterocycles. The fraction of sp³-hybridized carbons (Fsp3) is 0.217. The molecule has 2 aromatic carbocycles. The van der Waals surface area contributed by atoms with E-state index in [-0.39, 0.29) is 10.5 Å². The molecule has 1 aliphatic heterocycles. The Morgan fingerprint density at radius 2 is 1.81 bits per heavy atom. The highest BCUT2D eigenvalue weighted by Crippen LogP contribution is 2.14. The summed E-state index contributed by atoms with van der Waals surface area (Å²) in [6, 6.07) is 16.0. The van der Waals surface area contributed by atoms with Crippen molar-refractivity contribution in [1.82, 2.24) is 14.5 Å². The van der Waals surface area contributed by atoms with Gasteiger partial charge in [0.05, 0.1) is 35.6 Å². The lowest BCUT2D eigenvalue weighted by Gasteiger charge is -2.26. The Morgan fingerprint density at radius 1 is 1.06 bits per heavy atom. The molecule has 0 fully saturated rings. The molecule has 0 spiro atoms. The van der Waals surface area contributed by atoms with Crippen molar-refractivity contribution in [3.05, 3.63) is 93.7 Å². The lowest BCUT2D eigenvalue weighted by molar-refractivity contribution is 0.280. The third-order valence-corrected chi connectivity index (χ3v) is 6.11. The van der Waals surface area contributed by atoms with Crippen molar-refractivity contribution >= 4 is 10.0 Å². The summed E-state index contributed by atoms with van der Waals surface area (Å²) in [7, 11) is -3.74. The summed E-state index contributed by atoms with van der Waals surface area (Å²) in [5.41, 5.74) is 3.20. The minimum absolute atomic E-state index is 0.0411. The fourth-order valence-corrected chi connectivity index (χ4v) is 4.03. The van der Waals surface area contributed by atoms with Crippen molar-refractivity contribution in [3.8, 4) is 11.8 Å². The summed E-state index contributed by atoms with van der Waals surface area (Å²) >= 11 is 0. The van der Waals surface area contributed by atoms with Crippen LogP contribution in [0.3, 0.4) is 0 Å². The van der Waals surface area contributed by atoms with Crippen LogP contribution in [-0.2, 0) is 29.5 Å². The predicted molar refractivity (Wildman–Crippen MR) is 118 cm³/mol. The second-order valence-electron chi connectivity index (χ2n) is 7.42. The van der Waals surface area contributed by atoms with Crippen LogP contribution in [0.15, 0.2) is 70.6 Å². The average Bonchev–Trinajstić information content (AvgIpc) is 2.76. The summed E-state index contributed by atoms with van der Waals surface area (Å²) in [6.07, 6.45) is 2.26. The molecule has 8 heteroatoms. The van der Waals surface area contributed by atoms with Gasteiger partial charge in [-0.15, -0.1) is 0 Å². The van der Waals surface area contributed by atoms with Crippen LogP contribution in [0.2, 0.25) is 0 Å². The molecular weight excluding hydrogens is 412 g/mol. The number of benzene rings is 2. The summed E-state index contributed by atoms with van der Waals surface area (Å²) in [6.45, 7) is 2.20. The number of hydrogen-bond acceptors (Lipinski definition) is 5. The van der Waals surface area contributed by atoms with Gasteiger partial charge in [0.2, 0.25) is 10.0 Å². The first-order chi connectivity index (χ1) is 14.9. The van der Waals surface area contributed by atoms with Gasteiger partial charge in [0, 0.05) is 25.1 Å². The Balaban J connectivity index is 1.48. The van der Waals surface area contributed by atoms with E-state index in [0.29, 0.717) is 31.6 Å². The van der Waals surface area contributed by atoms with E-state index in [9.17, 15) is 13.2 Å². The van der Waals surface area contributed by atoms with Crippen LogP contribution in [0.4, 0.5) is 0 Å². The van der Waals surface area contributed by atoms with E-state index in [1.54, 1.807) is 23.0 Å². The van der Waals surface area contributed by atoms with Gasteiger partial charge in [-0.2, -0.15) is 0 Å². The van der Waals surface area contributed by atoms with Gasteiger partial charge in [-0.05, 0) is 29.8 Å². The second-order valence-corrected chi connectivity index (χ2v) is 8.98. The van der Waals surface area contributed by atoms with Crippen molar-refractivity contribution in [1.29, 1.82) is 0 Å². The van der Waals surface area contributed by atoms with Crippen molar-refractivity contribution in [2.75, 3.05) is 13.1 Å². The summed E-state index contributed by atoms with van der Waals surface area (Å²) in [5.74, 6) is 6.33. The molecule has 158 valence electrons. The zero-order valence-electron chi connectivity index (χ0n) is 16.9. The summed E-state index contributed by atoms with van der Waals surface area (Å²) in [5, 5.41) is 5.13. The molecule has 0 amide bonds. The Bertz CT molecular complexity index is 1300. The van der Waals surface area contributed by atoms with E-state index < -0.39 is 10.0 Å². The third kappa shape index (κ3) is 5.09. The van der Waals surface area contributed by atoms with Crippen molar-refractivity contribution in [2.45, 2.75) is 24.4 Å². The minimum Gasteiger partial charge on any atom is -0.294 e. The maximum atomic E-state index is 13.0. The van der Waals surface area contributed by atoms with Crippen molar-refractivity contribution in [3.63, 3.8) is 0 Å². The van der Waals surface area contributed by atoms with E-state index >= 15 is 0 Å². The van der Waals surface area contributed by atoms with Crippen LogP contribution in [0.1, 0.15) is 22.4 Å². The van der Waals surface area contributed by atoms with E-state index in [0.717, 1.165) is 23.4 Å². The number of rotatable bonds is 4. The molecule has 0 aliphatic carbocycles. The van der Waals surface area contributed by atoms with Crippen molar-refractivity contribution in [2.24, 2.45) is 5.14 Å². The quantitative estimate of drug-likeness (QED) is 0.625. The second kappa shape index (κ2) is 8.86. The summed E-state index contributed by atoms with van der Waals surface area (Å²) in [4.78, 5) is 19.7. The molecular formula is C23H22N4O3S. The molecule has 0 atom stereocenters. The van der Waals surface area contributed by atoms with Gasteiger partial charge < -0.3 is 0 Å². The number of sulfonamides is 1. The molecule has 31 heavy (non-hydrogen) atoms. The van der Waals surface area contributed by atoms with Gasteiger partial charge in [-0.25, -0.2) is 18.5 Å². The molecule has 0 unspecified atom stereocenters. The predicted octanol–water partition coefficient (Wildman–Crippen LogP) is 1.35. The molecule has 2 heterocycles. The maximum absolute atomic E-state index is 13.0. The van der Waals surface area contributed by atoms with Crippen LogP contribution in [-0.4, -0.2) is 36.0 Å². The molecule has 7 nitrogen and oxygen atoms in total. The van der Waals surface area contributed by atoms with Gasteiger partial charge in [0.25, 0.3) is 5.56 Å². The first-order valence-corrected chi connectivity index (χ1v) is 11.4. The number of nitrogens with two attached hydrogens (primary N) is 1. The number of nitrogens with zero attached hydrogens (tertiary/aromatic N) is 3. The Labute approximate surface area is 181 Å². The number of hydrogen-bond donors (Lipinski definition) is 1. The number of fused-ring (bicyclic) bond motifs is 1. The standard InChI is InChI=1S/C23H22N4O3S/c24-31(29,30)20-10-8-19(9-11-20)15-27-17-25-22-12-14-26(16-21(22)23(27)28)13-4-7-18-5-2-1-3-6-18/h1-3,5-6,8-11,17H,12-16H2,(H2,24,29,30). The molecule has 0 radical (unpaired) electrons. The highest BCUT2D eigenvalue weighted by Gasteiger charge is 2.20. The van der Waals surface area contributed by atoms with Crippen LogP contribution < -0.4 is 10.7 Å². The molecule has 2 N–H and O–H groups in total. The van der Waals surface area contributed by atoms with Gasteiger partial charge in [0.1, 0.15) is 0 Å². The molecule has 3 aromatic rings. The topological polar surface area (TPSA) is 98.3 Å². The Morgan fingerprint density at radius 3 is 2.52 bits per heavy atom. The highest BCUT2D eigenvalue weighted by molar-refractivity contribution is 7.89. The van der Waals surface area contributed by atoms with Gasteiger partial charge in [-0.3, -0.25) is 14.3 Å². The number of primary sulfonamides is 1. The largest absolute Gasteiger partial charge is 0.294 e. The maximum Gasteiger partial charge on any atom is 0.258 e. The Kier molecular flexibility index (Phi) is 6.00. The molecule has 0 saturated heterocycles. The smallest absolute Gasteiger partial charge is 0.258 e. The summed E-state index contributed by atoms with van der Waals surface area (Å²) < 4.78 is 24.3. The monoisotopic (exact) mass is 434 g/mol. The van der Waals surface area contributed by atoms with E-state index in [1.165, 1.54) is 12.1 Å². The Hall–Kier alpha value is -3.25. The zero-order chi connectivity index (χ0) is 21.8. The van der Waals surface area contributed by atoms with E-state index in [2.05, 4.69) is 21.7 Å². The first kappa shape index (κ1) is 21.0. The molecule has 0 saturated carbocycles. The highest BCUT2D eigenvalue weighted by atomic mass is 32.2. The molecule has 0 bridgehead atoms. The first-order valence-electron chi connectivity index (χ1n) is 9.85. The van der Waals surface area contributed by atoms with Gasteiger partial charge >= 0.3 is 0 Å². The SMILES string of the molecule is NS(=O)(=O)c1ccc(Cn2cnc3c(c2=O)CN(CC#Cc2ccccc2)CC3)cc1. The van der Waals surface area contributed by atoms with Gasteiger partial charge in [-0.1, -0.05) is 42.2 Å². The minimum atomic E-state index is -3.74. The lowest BCUT2D eigenvalue weighted by Crippen LogP contribution is -2.38. The van der Waals surface area contributed by atoms with E-state index in [4.69, 9.17) is 5.14 Å². The lowest BCUT2D eigenvalue weighted by atomic mass is 10.1. The van der Waals surface area contributed by atoms with Crippen LogP contribution >= 0.6 is 0 Å². The normalized spacial score (nSPS) is 13.8. The van der Waals surface area contributed by atoms with Gasteiger partial charge in [0.15, 0.2) is 0 Å². The molecule has 4 rings (SSSR count). The van der Waals surface area contributed by atoms with Crippen LogP contribution in [0.5, 0.6) is 0 Å². The van der Waals surface area contributed by atoms with Crippen LogP contribution in [0.25, 0.3) is 0 Å². The third-order valence-electron chi connectivity index (χ3n) is 5.18. The van der Waals surface area contributed by atoms with Crippen molar-refractivity contribution < 1.29 is 8.42 Å². The van der Waals surface area contributed by atoms with E-state index in [1.807, 2.05) is 30.3 Å². The molecule has 1 aliphatic rings.